The van der Waals surface area contributed by atoms with Gasteiger partial charge in [0.25, 0.3) is 11.8 Å². The number of hydrogen-bond donors (Lipinski definition) is 5. The number of nitrogens with two attached hydrogens (primary N) is 2. The summed E-state index contributed by atoms with van der Waals surface area (Å²) in [5, 5.41) is 27.9. The first kappa shape index (κ1) is 98.2. The van der Waals surface area contributed by atoms with Crippen LogP contribution in [0.15, 0.2) is 179 Å². The van der Waals surface area contributed by atoms with Crippen LogP contribution in [0.4, 0.5) is 0 Å². The zero-order valence-corrected chi connectivity index (χ0v) is 71.8. The first-order valence-electron chi connectivity index (χ1n) is 42.3. The normalized spacial score (nSPS) is 25.0. The summed E-state index contributed by atoms with van der Waals surface area (Å²) in [7, 11) is 0. The van der Waals surface area contributed by atoms with Crippen molar-refractivity contribution in [3.8, 4) is 17.1 Å². The van der Waals surface area contributed by atoms with Crippen LogP contribution in [0.1, 0.15) is 185 Å². The molecular formula is C90H136Cl4N14O8. The second-order valence-corrected chi connectivity index (χ2v) is 32.0. The molecular weight excluding hydrogens is 1550 g/mol. The van der Waals surface area contributed by atoms with Crippen molar-refractivity contribution >= 4 is 67.4 Å². The van der Waals surface area contributed by atoms with Gasteiger partial charge in [-0.15, -0.1) is 75.9 Å². The largest absolute Gasteiger partial charge is 0.478 e. The lowest BCUT2D eigenvalue weighted by molar-refractivity contribution is 0.00510. The van der Waals surface area contributed by atoms with Gasteiger partial charge in [-0.25, -0.2) is 18.8 Å². The number of aromatic carboxylic acids is 1. The molecule has 6 aromatic rings. The number of carbonyl (C=O) groups is 3. The van der Waals surface area contributed by atoms with Crippen molar-refractivity contribution in [3.63, 3.8) is 0 Å². The predicted molar refractivity (Wildman–Crippen MR) is 475 cm³/mol. The smallest absolute Gasteiger partial charge is 0.335 e. The van der Waals surface area contributed by atoms with Crippen molar-refractivity contribution in [3.05, 3.63) is 195 Å². The van der Waals surface area contributed by atoms with Crippen LogP contribution in [-0.2, 0) is 18.9 Å². The molecule has 22 nitrogen and oxygen atoms in total. The summed E-state index contributed by atoms with van der Waals surface area (Å²) < 4.78 is 28.6. The minimum atomic E-state index is -0.919. The van der Waals surface area contributed by atoms with Crippen LogP contribution >= 0.6 is 49.6 Å². The number of carboxylic acids is 1. The molecule has 0 unspecified atom stereocenters. The fourth-order valence-electron chi connectivity index (χ4n) is 17.6. The highest BCUT2D eigenvalue weighted by Crippen LogP contribution is 2.32. The number of nitrogens with zero attached hydrogens (tertiary/aromatic N) is 10. The van der Waals surface area contributed by atoms with E-state index in [4.69, 9.17) is 35.5 Å². The molecule has 0 bridgehead atoms. The van der Waals surface area contributed by atoms with Crippen molar-refractivity contribution in [2.24, 2.45) is 35.1 Å². The molecule has 12 atom stereocenters. The Balaban J connectivity index is 0.000000231. The fourth-order valence-corrected chi connectivity index (χ4v) is 17.6. The highest BCUT2D eigenvalue weighted by molar-refractivity contribution is 5.95. The lowest BCUT2D eigenvalue weighted by atomic mass is 9.83. The average molecular weight is 1680 g/mol. The number of ether oxygens (including phenoxy) is 4. The van der Waals surface area contributed by atoms with E-state index in [1.54, 1.807) is 63.1 Å². The number of benzene rings is 3. The quantitative estimate of drug-likeness (QED) is 0.0286. The van der Waals surface area contributed by atoms with Gasteiger partial charge in [0.15, 0.2) is 0 Å². The minimum absolute atomic E-state index is 0. The summed E-state index contributed by atoms with van der Waals surface area (Å²) in [5.74, 6) is 1.54. The summed E-state index contributed by atoms with van der Waals surface area (Å²) in [6.45, 7) is 30.8. The molecule has 7 heterocycles. The third-order valence-electron chi connectivity index (χ3n) is 23.7. The summed E-state index contributed by atoms with van der Waals surface area (Å²) in [5.41, 5.74) is 16.9. The Morgan fingerprint density at radius 1 is 0.379 bits per heavy atom. The Kier molecular flexibility index (Phi) is 46.2. The van der Waals surface area contributed by atoms with Crippen LogP contribution in [0.3, 0.4) is 0 Å². The SMILES string of the molecule is C=CCO[C@@H]1CCCN(C[C@@H]2CCCC[C@H]2N)C1.C=CCO[C@@H]1CCCN(C[C@@H]2CCCC[C@H]2NC(=O)c2ccc(-n3cccn3)cc2)C1.C=CCO[C@@H]1CCCN(C[C@H]2CCCC[C@@H]2N)C1.C=CCO[C@@H]1CCCN(C[C@H]2CCCC[C@@H]2NC(=O)c2ccc(-n3cccn3)cc2)C1.Cl.Cl.Cl.Cl.O=C(O)c1ccc(-n2cccn2)cc1. The van der Waals surface area contributed by atoms with Gasteiger partial charge in [0, 0.05) is 125 Å². The predicted octanol–water partition coefficient (Wildman–Crippen LogP) is 15.3. The number of carboxylic acid groups (broad SMARTS) is 1. The lowest BCUT2D eigenvalue weighted by Crippen LogP contribution is -2.49. The highest BCUT2D eigenvalue weighted by Gasteiger charge is 2.34. The third-order valence-corrected chi connectivity index (χ3v) is 23.7. The molecule has 8 aliphatic rings. The summed E-state index contributed by atoms with van der Waals surface area (Å²) in [6.07, 6.45) is 48.8. The molecule has 642 valence electrons. The maximum atomic E-state index is 12.9. The van der Waals surface area contributed by atoms with Crippen molar-refractivity contribution < 1.29 is 38.4 Å². The van der Waals surface area contributed by atoms with Gasteiger partial charge in [-0.05, 0) is 244 Å². The number of nitrogens with one attached hydrogen (secondary N) is 2. The molecule has 3 aromatic carbocycles. The van der Waals surface area contributed by atoms with Crippen molar-refractivity contribution in [2.45, 2.75) is 203 Å². The van der Waals surface area contributed by atoms with Gasteiger partial charge in [0.1, 0.15) is 0 Å². The number of hydrogen-bond acceptors (Lipinski definition) is 16. The second-order valence-electron chi connectivity index (χ2n) is 32.0. The Morgan fingerprint density at radius 2 is 0.647 bits per heavy atom. The number of amides is 2. The molecule has 2 amide bonds. The number of piperidine rings is 4. The maximum absolute atomic E-state index is 12.9. The van der Waals surface area contributed by atoms with Gasteiger partial charge in [0.2, 0.25) is 0 Å². The second kappa shape index (κ2) is 54.6. The Morgan fingerprint density at radius 3 is 0.914 bits per heavy atom. The molecule has 0 spiro atoms. The number of aromatic nitrogens is 6. The highest BCUT2D eigenvalue weighted by atomic mass is 35.5. The zero-order chi connectivity index (χ0) is 78.5. The number of halogens is 4. The fraction of sp³-hybridized carbons (Fsp3) is 0.578. The number of likely N-dealkylation sites (tertiary alicyclic amines) is 4. The molecule has 4 saturated heterocycles. The van der Waals surface area contributed by atoms with Gasteiger partial charge < -0.3 is 65.8 Å². The van der Waals surface area contributed by atoms with E-state index in [1.165, 1.54) is 155 Å². The summed E-state index contributed by atoms with van der Waals surface area (Å²) in [6, 6.07) is 28.8. The van der Waals surface area contributed by atoms with Gasteiger partial charge >= 0.3 is 5.97 Å². The summed E-state index contributed by atoms with van der Waals surface area (Å²) >= 11 is 0. The van der Waals surface area contributed by atoms with Crippen LogP contribution in [0.2, 0.25) is 0 Å². The van der Waals surface area contributed by atoms with Crippen LogP contribution in [-0.4, -0.2) is 225 Å². The van der Waals surface area contributed by atoms with E-state index < -0.39 is 5.97 Å². The van der Waals surface area contributed by atoms with E-state index in [9.17, 15) is 14.4 Å². The molecule has 3 aromatic heterocycles. The molecule has 14 rings (SSSR count). The Labute approximate surface area is 716 Å². The van der Waals surface area contributed by atoms with Crippen molar-refractivity contribution in [1.82, 2.24) is 59.6 Å². The molecule has 4 saturated carbocycles. The zero-order valence-electron chi connectivity index (χ0n) is 68.5. The van der Waals surface area contributed by atoms with Gasteiger partial charge in [0.05, 0.1) is 73.5 Å². The van der Waals surface area contributed by atoms with Gasteiger partial charge in [-0.3, -0.25) is 9.59 Å². The van der Waals surface area contributed by atoms with Gasteiger partial charge in [-0.1, -0.05) is 75.7 Å². The number of carbonyl (C=O) groups excluding carboxylic acids is 2. The number of rotatable bonds is 28. The van der Waals surface area contributed by atoms with E-state index in [2.05, 4.69) is 71.8 Å². The van der Waals surface area contributed by atoms with Crippen LogP contribution < -0.4 is 22.1 Å². The van der Waals surface area contributed by atoms with Crippen LogP contribution in [0.25, 0.3) is 17.1 Å². The molecule has 4 aliphatic heterocycles. The van der Waals surface area contributed by atoms with Crippen LogP contribution in [0, 0.1) is 23.7 Å². The topological polar surface area (TPSA) is 251 Å². The van der Waals surface area contributed by atoms with Crippen molar-refractivity contribution in [1.29, 1.82) is 0 Å². The maximum Gasteiger partial charge on any atom is 0.335 e. The first-order valence-corrected chi connectivity index (χ1v) is 42.3. The minimum Gasteiger partial charge on any atom is -0.478 e. The molecule has 7 N–H and O–H groups in total. The van der Waals surface area contributed by atoms with E-state index >= 15 is 0 Å². The van der Waals surface area contributed by atoms with Crippen molar-refractivity contribution in [2.75, 3.05) is 105 Å². The molecule has 4 aliphatic carbocycles. The Hall–Kier alpha value is -6.58. The summed E-state index contributed by atoms with van der Waals surface area (Å²) in [4.78, 5) is 46.7. The average Bonchev–Trinajstić information content (AvgIpc) is 0.998. The molecule has 8 fully saturated rings. The standard InChI is InChI=1S/2C25H34N4O2.2C15H28N2O.C10H8N2O2.4ClH/c2*1-2-17-31-23-8-5-15-28(19-23)18-21-7-3-4-9-24(21)27-25(30)20-10-12-22(13-11-20)29-16-6-14-26-29;2*1-2-10-18-14-7-5-9-17(12-14)11-13-6-3-4-8-15(13)16;13-10(14)8-2-4-9(5-3-8)12-7-1-6-11-12;;;;/h2*2,6,10-14,16,21,23-24H,1,3-5,7-9,15,17-19H2,(H,27,30);2*2,13-15H,1,3-12,16H2;1-7H,(H,13,14);4*1H/t21-,23+,24+;21-,23-,24+;13-,14+,15+;13-,14-,15+;;;;;/m0101...../s1. The van der Waals surface area contributed by atoms with Crippen LogP contribution in [0.5, 0.6) is 0 Å². The molecule has 26 heteroatoms. The Bertz CT molecular complexity index is 3490. The molecule has 0 radical (unpaired) electrons. The van der Waals surface area contributed by atoms with E-state index in [0.717, 1.165) is 95.1 Å². The lowest BCUT2D eigenvalue weighted by Gasteiger charge is -2.39. The first-order chi connectivity index (χ1) is 54.8. The van der Waals surface area contributed by atoms with Gasteiger partial charge in [-0.2, -0.15) is 15.3 Å². The molecule has 116 heavy (non-hydrogen) atoms. The van der Waals surface area contributed by atoms with E-state index in [1.807, 2.05) is 103 Å². The van der Waals surface area contributed by atoms with E-state index in [0.29, 0.717) is 97.7 Å². The third kappa shape index (κ3) is 32.9. The monoisotopic (exact) mass is 1680 g/mol. The van der Waals surface area contributed by atoms with E-state index in [-0.39, 0.29) is 79.1 Å².